The van der Waals surface area contributed by atoms with Crippen LogP contribution in [-0.2, 0) is 0 Å². The SMILES string of the molecule is C=C(Cl)N=C(Cl)N(C)C. The second-order valence-corrected chi connectivity index (χ2v) is 2.43. The fourth-order valence-corrected chi connectivity index (χ4v) is 0.425. The normalized spacial score (nSPS) is 11.3. The minimum Gasteiger partial charge on any atom is -0.353 e. The third-order valence-electron chi connectivity index (χ3n) is 0.583. The highest BCUT2D eigenvalue weighted by molar-refractivity contribution is 6.64. The number of hydrogen-bond donors (Lipinski definition) is 0. The van der Waals surface area contributed by atoms with Crippen LogP contribution in [0.4, 0.5) is 0 Å². The second kappa shape index (κ2) is 3.75. The molecule has 0 aromatic carbocycles. The van der Waals surface area contributed by atoms with Gasteiger partial charge in [0, 0.05) is 14.1 Å². The van der Waals surface area contributed by atoms with Gasteiger partial charge in [-0.1, -0.05) is 18.2 Å². The lowest BCUT2D eigenvalue weighted by atomic mass is 10.9. The largest absolute Gasteiger partial charge is 0.353 e. The van der Waals surface area contributed by atoms with Gasteiger partial charge in [0.1, 0.15) is 5.16 Å². The summed E-state index contributed by atoms with van der Waals surface area (Å²) in [5.41, 5.74) is 0. The van der Waals surface area contributed by atoms with Crippen molar-refractivity contribution in [2.45, 2.75) is 0 Å². The van der Waals surface area contributed by atoms with Crippen molar-refractivity contribution in [2.24, 2.45) is 4.99 Å². The number of hydrogen-bond acceptors (Lipinski definition) is 1. The molecule has 0 radical (unpaired) electrons. The van der Waals surface area contributed by atoms with Gasteiger partial charge in [-0.15, -0.1) is 0 Å². The van der Waals surface area contributed by atoms with Gasteiger partial charge in [0.05, 0.1) is 0 Å². The zero-order chi connectivity index (χ0) is 7.44. The lowest BCUT2D eigenvalue weighted by molar-refractivity contribution is 0.634. The zero-order valence-corrected chi connectivity index (χ0v) is 6.87. The molecule has 0 saturated carbocycles. The van der Waals surface area contributed by atoms with Gasteiger partial charge in [-0.3, -0.25) is 0 Å². The Morgan fingerprint density at radius 2 is 1.89 bits per heavy atom. The van der Waals surface area contributed by atoms with Gasteiger partial charge in [0.25, 0.3) is 0 Å². The zero-order valence-electron chi connectivity index (χ0n) is 5.36. The Bertz CT molecular complexity index is 140. The maximum atomic E-state index is 5.54. The number of rotatable bonds is 1. The van der Waals surface area contributed by atoms with E-state index in [-0.39, 0.29) is 5.16 Å². The monoisotopic (exact) mass is 166 g/mol. The van der Waals surface area contributed by atoms with Crippen molar-refractivity contribution in [3.8, 4) is 0 Å². The molecule has 0 bridgehead atoms. The Hall–Kier alpha value is -0.210. The number of halogens is 2. The van der Waals surface area contributed by atoms with Crippen LogP contribution in [0.5, 0.6) is 0 Å². The Kier molecular flexibility index (Phi) is 3.66. The third kappa shape index (κ3) is 4.30. The van der Waals surface area contributed by atoms with Gasteiger partial charge in [-0.25, -0.2) is 4.99 Å². The molecule has 52 valence electrons. The van der Waals surface area contributed by atoms with Crippen molar-refractivity contribution >= 4 is 28.5 Å². The van der Waals surface area contributed by atoms with E-state index >= 15 is 0 Å². The minimum absolute atomic E-state index is 0.189. The van der Waals surface area contributed by atoms with E-state index in [1.54, 1.807) is 19.0 Å². The third-order valence-corrected chi connectivity index (χ3v) is 1.09. The summed E-state index contributed by atoms with van der Waals surface area (Å²) in [4.78, 5) is 5.29. The molecule has 4 heteroatoms. The molecule has 0 aromatic heterocycles. The summed E-state index contributed by atoms with van der Waals surface area (Å²) in [7, 11) is 3.54. The smallest absolute Gasteiger partial charge is 0.199 e. The molecule has 0 unspecified atom stereocenters. The summed E-state index contributed by atoms with van der Waals surface area (Å²) >= 11 is 10.9. The van der Waals surface area contributed by atoms with Crippen molar-refractivity contribution in [2.75, 3.05) is 14.1 Å². The van der Waals surface area contributed by atoms with Crippen LogP contribution < -0.4 is 0 Å². The average Bonchev–Trinajstić information content (AvgIpc) is 1.63. The van der Waals surface area contributed by atoms with E-state index in [1.165, 1.54) is 0 Å². The lowest BCUT2D eigenvalue weighted by Crippen LogP contribution is -2.15. The molecule has 0 aliphatic rings. The molecule has 0 amide bonds. The van der Waals surface area contributed by atoms with Crippen molar-refractivity contribution in [3.63, 3.8) is 0 Å². The van der Waals surface area contributed by atoms with Gasteiger partial charge < -0.3 is 4.90 Å². The summed E-state index contributed by atoms with van der Waals surface area (Å²) in [5.74, 6) is 0. The molecule has 0 N–H and O–H groups in total. The van der Waals surface area contributed by atoms with E-state index in [0.717, 1.165) is 0 Å². The van der Waals surface area contributed by atoms with Gasteiger partial charge in [0.2, 0.25) is 0 Å². The van der Waals surface area contributed by atoms with Gasteiger partial charge in [0.15, 0.2) is 5.29 Å². The van der Waals surface area contributed by atoms with E-state index in [0.29, 0.717) is 5.29 Å². The molecule has 0 saturated heterocycles. The van der Waals surface area contributed by atoms with Crippen LogP contribution >= 0.6 is 23.2 Å². The number of aliphatic imine (C=N–C) groups is 1. The van der Waals surface area contributed by atoms with E-state index in [4.69, 9.17) is 23.2 Å². The van der Waals surface area contributed by atoms with E-state index in [9.17, 15) is 0 Å². The molecular formula is C5H8Cl2N2. The molecule has 0 aliphatic heterocycles. The summed E-state index contributed by atoms with van der Waals surface area (Å²) in [6.07, 6.45) is 0. The van der Waals surface area contributed by atoms with Crippen molar-refractivity contribution in [1.29, 1.82) is 0 Å². The van der Waals surface area contributed by atoms with Crippen LogP contribution in [0.15, 0.2) is 16.7 Å². The van der Waals surface area contributed by atoms with Crippen LogP contribution in [-0.4, -0.2) is 24.3 Å². The molecule has 0 rings (SSSR count). The van der Waals surface area contributed by atoms with Crippen LogP contribution in [0, 0.1) is 0 Å². The van der Waals surface area contributed by atoms with E-state index < -0.39 is 0 Å². The predicted octanol–water partition coefficient (Wildman–Crippen LogP) is 1.85. The maximum Gasteiger partial charge on any atom is 0.199 e. The second-order valence-electron chi connectivity index (χ2n) is 1.65. The Balaban J connectivity index is 4.00. The summed E-state index contributed by atoms with van der Waals surface area (Å²) < 4.78 is 0. The van der Waals surface area contributed by atoms with Crippen molar-refractivity contribution in [3.05, 3.63) is 11.7 Å². The molecule has 0 atom stereocenters. The lowest BCUT2D eigenvalue weighted by Gasteiger charge is -2.06. The summed E-state index contributed by atoms with van der Waals surface area (Å²) in [6.45, 7) is 3.34. The molecule has 0 spiro atoms. The molecule has 0 heterocycles. The molecule has 2 nitrogen and oxygen atoms in total. The summed E-state index contributed by atoms with van der Waals surface area (Å²) in [6, 6.07) is 0. The van der Waals surface area contributed by atoms with Crippen LogP contribution in [0.2, 0.25) is 0 Å². The van der Waals surface area contributed by atoms with Gasteiger partial charge in [-0.2, -0.15) is 0 Å². The van der Waals surface area contributed by atoms with Crippen LogP contribution in [0.3, 0.4) is 0 Å². The molecule has 0 aliphatic carbocycles. The maximum absolute atomic E-state index is 5.54. The number of nitrogens with zero attached hydrogens (tertiary/aromatic N) is 2. The Morgan fingerprint density at radius 1 is 1.44 bits per heavy atom. The Morgan fingerprint density at radius 3 is 2.00 bits per heavy atom. The first kappa shape index (κ1) is 8.79. The van der Waals surface area contributed by atoms with Crippen LogP contribution in [0.25, 0.3) is 0 Å². The Labute approximate surface area is 64.8 Å². The van der Waals surface area contributed by atoms with Crippen LogP contribution in [0.1, 0.15) is 0 Å². The van der Waals surface area contributed by atoms with Crippen molar-refractivity contribution < 1.29 is 0 Å². The molecule has 0 aromatic rings. The van der Waals surface area contributed by atoms with Gasteiger partial charge >= 0.3 is 0 Å². The van der Waals surface area contributed by atoms with Gasteiger partial charge in [-0.05, 0) is 11.6 Å². The molecule has 0 fully saturated rings. The average molecular weight is 167 g/mol. The fraction of sp³-hybridized carbons (Fsp3) is 0.400. The first-order valence-electron chi connectivity index (χ1n) is 2.30. The summed E-state index contributed by atoms with van der Waals surface area (Å²) in [5, 5.41) is 0.517. The fourth-order valence-electron chi connectivity index (χ4n) is 0.200. The first-order chi connectivity index (χ1) is 4.04. The first-order valence-corrected chi connectivity index (χ1v) is 3.05. The molecular weight excluding hydrogens is 159 g/mol. The highest BCUT2D eigenvalue weighted by Crippen LogP contribution is 2.01. The number of amidine groups is 1. The highest BCUT2D eigenvalue weighted by Gasteiger charge is 1.93. The molecule has 9 heavy (non-hydrogen) atoms. The highest BCUT2D eigenvalue weighted by atomic mass is 35.5. The quantitative estimate of drug-likeness (QED) is 0.330. The minimum atomic E-state index is 0.189. The predicted molar refractivity (Wildman–Crippen MR) is 42.0 cm³/mol. The van der Waals surface area contributed by atoms with E-state index in [1.807, 2.05) is 0 Å². The standard InChI is InChI=1S/C5H8Cl2N2/c1-4(6)8-5(7)9(2)3/h1H2,2-3H3. The van der Waals surface area contributed by atoms with Crippen molar-refractivity contribution in [1.82, 2.24) is 4.90 Å². The van der Waals surface area contributed by atoms with E-state index in [2.05, 4.69) is 11.6 Å². The topological polar surface area (TPSA) is 15.6 Å².